The van der Waals surface area contributed by atoms with Gasteiger partial charge in [-0.3, -0.25) is 24.4 Å². The molecule has 0 bridgehead atoms. The summed E-state index contributed by atoms with van der Waals surface area (Å²) in [5.74, 6) is -1.36. The molecule has 0 unspecified atom stereocenters. The van der Waals surface area contributed by atoms with Gasteiger partial charge in [-0.05, 0) is 137 Å². The number of hydrogen-bond acceptors (Lipinski definition) is 18. The van der Waals surface area contributed by atoms with Crippen molar-refractivity contribution in [3.63, 3.8) is 0 Å². The van der Waals surface area contributed by atoms with Crippen molar-refractivity contribution >= 4 is 114 Å². The van der Waals surface area contributed by atoms with E-state index >= 15 is 0 Å². The molecule has 3 aliphatic carbocycles. The van der Waals surface area contributed by atoms with E-state index in [1.165, 1.54) is 61.5 Å². The predicted molar refractivity (Wildman–Crippen MR) is 313 cm³/mol. The summed E-state index contributed by atoms with van der Waals surface area (Å²) < 4.78 is 91.4. The number of ether oxygens (including phenoxy) is 6. The highest BCUT2D eigenvalue weighted by Gasteiger charge is 2.55. The van der Waals surface area contributed by atoms with Gasteiger partial charge in [-0.1, -0.05) is 27.3 Å². The number of aliphatic hydroxyl groups excluding tert-OH is 1. The van der Waals surface area contributed by atoms with Gasteiger partial charge in [-0.25, -0.2) is 24.0 Å². The molecule has 7 rings (SSSR count). The van der Waals surface area contributed by atoms with Crippen molar-refractivity contribution in [1.82, 2.24) is 19.6 Å². The molecule has 6 atom stereocenters. The Hall–Kier alpha value is -4.36. The minimum atomic E-state index is -5.78. The van der Waals surface area contributed by atoms with E-state index in [2.05, 4.69) is 37.5 Å². The largest absolute Gasteiger partial charge is 0.534 e. The number of likely N-dealkylation sites (tertiary alicyclic amines) is 1. The van der Waals surface area contributed by atoms with Crippen LogP contribution in [-0.4, -0.2) is 252 Å². The van der Waals surface area contributed by atoms with E-state index in [0.717, 1.165) is 73.5 Å². The normalized spacial score (nSPS) is 23.1. The average Bonchev–Trinajstić information content (AvgIpc) is 4.32. The Morgan fingerprint density at radius 1 is 0.637 bits per heavy atom. The molecule has 0 aromatic rings. The van der Waals surface area contributed by atoms with Gasteiger partial charge in [0.25, 0.3) is 0 Å². The van der Waals surface area contributed by atoms with Gasteiger partial charge in [-0.2, -0.15) is 28.7 Å². The van der Waals surface area contributed by atoms with Gasteiger partial charge in [0.15, 0.2) is 12.1 Å². The molecule has 80 heavy (non-hydrogen) atoms. The van der Waals surface area contributed by atoms with E-state index in [9.17, 15) is 55.5 Å². The van der Waals surface area contributed by atoms with Gasteiger partial charge < -0.3 is 44.8 Å². The molecule has 1 N–H and O–H groups in total. The molecular formula is C47H82B9F3N4O16S-3. The van der Waals surface area contributed by atoms with Gasteiger partial charge in [0.05, 0.1) is 41.1 Å². The van der Waals surface area contributed by atoms with Crippen LogP contribution >= 0.6 is 0 Å². The minimum Gasteiger partial charge on any atom is -0.468 e. The maximum Gasteiger partial charge on any atom is 0.534 e. The average molecular weight is 1150 g/mol. The molecule has 20 nitrogen and oxygen atoms in total. The van der Waals surface area contributed by atoms with E-state index in [4.69, 9.17) is 31.4 Å². The summed E-state index contributed by atoms with van der Waals surface area (Å²) in [6.07, 6.45) is 10.1. The third-order valence-corrected chi connectivity index (χ3v) is 13.0. The van der Waals surface area contributed by atoms with E-state index in [-0.39, 0.29) is 44.4 Å². The van der Waals surface area contributed by atoms with Crippen LogP contribution in [0.5, 0.6) is 0 Å². The number of aliphatic hydroxyl groups is 1. The Bertz CT molecular complexity index is 2230. The number of methoxy groups -OCH3 is 4. The van der Waals surface area contributed by atoms with Crippen LogP contribution < -0.4 is 0 Å². The van der Waals surface area contributed by atoms with Crippen LogP contribution in [-0.2, 0) is 61.9 Å². The second-order valence-electron chi connectivity index (χ2n) is 20.1. The van der Waals surface area contributed by atoms with Gasteiger partial charge in [-0.15, -0.1) is 15.5 Å². The highest BCUT2D eigenvalue weighted by molar-refractivity contribution is 7.87. The van der Waals surface area contributed by atoms with E-state index in [1.54, 1.807) is 27.8 Å². The molecule has 443 valence electrons. The van der Waals surface area contributed by atoms with Crippen LogP contribution in [0.4, 0.5) is 22.8 Å². The smallest absolute Gasteiger partial charge is 0.468 e. The number of carbonyl (C=O) groups excluding carboxylic acids is 6. The van der Waals surface area contributed by atoms with Gasteiger partial charge in [0, 0.05) is 48.1 Å². The van der Waals surface area contributed by atoms with Crippen LogP contribution in [0.15, 0.2) is 35.1 Å². The summed E-state index contributed by atoms with van der Waals surface area (Å²) in [4.78, 5) is 77.1. The first-order chi connectivity index (χ1) is 36.7. The molecule has 0 aromatic carbocycles. The fourth-order valence-corrected chi connectivity index (χ4v) is 8.90. The number of likely N-dealkylation sites (N-methyl/N-ethyl adjacent to an activating group) is 2. The standard InChI is InChI=1S/C14H23NO5.C14H21NO4.C10H15NO2.C8H10F3NO5S.CH4.B3H6.B3H3.B3/c1-14(2,3)20-13(18)15-7-9(16)10(8-5-6-8)11(15)12(17)19-4;1-14(2,3)19-13(17)15-8-7-10(9-5-6-9)11(15)12(16)18-4;1-11-6-5-8(7-3-4-7)9(11)10(12)13-2;1-12-4-3-5(6(12)7(13)16-2)17-18(14,15)8(9,10)11;;3*1-3-2/h8-11,16H,5-7H2,1-4H3;7,9,11H,5-6,8H2,1-4H3;5,7,9H,3-4,6H2,1-2H3;3,6H,4H2,1-2H3;1H4;1-2H3;1H3;/q;;;;;-2;-1;/t9-,10+,11-;11-;9-;6-;;;;/m0000..../s1. The Morgan fingerprint density at radius 3 is 1.39 bits per heavy atom. The first-order valence-corrected chi connectivity index (χ1v) is 25.3. The molecular weight excluding hydrogens is 1060 g/mol. The summed E-state index contributed by atoms with van der Waals surface area (Å²) in [6, 6.07) is -2.74. The van der Waals surface area contributed by atoms with Crippen molar-refractivity contribution in [2.75, 3.05) is 68.7 Å². The lowest BCUT2D eigenvalue weighted by Crippen LogP contribution is -2.46. The molecule has 0 spiro atoms. The lowest BCUT2D eigenvalue weighted by Gasteiger charge is -2.28. The number of nitrogens with zero attached hydrogens (tertiary/aromatic N) is 4. The second kappa shape index (κ2) is 34.3. The molecule has 2 amide bonds. The number of β-amino-alcohol motifs (C(OH)–C–C–N with tert-alkyl or cyclic N) is 1. The van der Waals surface area contributed by atoms with E-state index < -0.39 is 80.9 Å². The summed E-state index contributed by atoms with van der Waals surface area (Å²) >= 11 is 0. The summed E-state index contributed by atoms with van der Waals surface area (Å²) in [6.45, 7) is 12.2. The molecule has 0 aromatic heterocycles. The van der Waals surface area contributed by atoms with Crippen molar-refractivity contribution in [1.29, 1.82) is 0 Å². The van der Waals surface area contributed by atoms with Crippen LogP contribution in [0.3, 0.4) is 0 Å². The van der Waals surface area contributed by atoms with Crippen LogP contribution in [0.2, 0.25) is 0 Å². The second-order valence-corrected chi connectivity index (χ2v) is 21.6. The summed E-state index contributed by atoms with van der Waals surface area (Å²) in [5.41, 5.74) is -4.46. The number of halogens is 3. The first kappa shape index (κ1) is 75.6. The van der Waals surface area contributed by atoms with Crippen molar-refractivity contribution < 1.29 is 88.1 Å². The zero-order valence-corrected chi connectivity index (χ0v) is 46.2. The molecule has 4 aliphatic heterocycles. The monoisotopic (exact) mass is 1150 g/mol. The Morgan fingerprint density at radius 2 is 1.00 bits per heavy atom. The number of esters is 4. The first-order valence-electron chi connectivity index (χ1n) is 23.9. The third-order valence-electron chi connectivity index (χ3n) is 12.1. The zero-order valence-electron chi connectivity index (χ0n) is 45.4. The molecule has 4 heterocycles. The number of alkyl halides is 3. The fraction of sp³-hybridized carbons (Fsp3) is 0.745. The van der Waals surface area contributed by atoms with Gasteiger partial charge in [0.1, 0.15) is 29.0 Å². The maximum absolute atomic E-state index is 12.2. The number of hydrogen-bond donors (Lipinski definition) is 1. The Balaban J connectivity index is 0.000000992. The molecule has 4 fully saturated rings. The van der Waals surface area contributed by atoms with E-state index in [1.807, 2.05) is 38.8 Å². The van der Waals surface area contributed by atoms with Gasteiger partial charge >= 0.3 is 51.7 Å². The van der Waals surface area contributed by atoms with Crippen LogP contribution in [0.25, 0.3) is 0 Å². The molecule has 33 heteroatoms. The third kappa shape index (κ3) is 23.9. The van der Waals surface area contributed by atoms with Crippen molar-refractivity contribution in [2.24, 2.45) is 23.7 Å². The lowest BCUT2D eigenvalue weighted by atomic mass is 9.40. The van der Waals surface area contributed by atoms with Gasteiger partial charge in [0.2, 0.25) is 0 Å². The summed E-state index contributed by atoms with van der Waals surface area (Å²) in [5, 5.41) is 10.2. The highest BCUT2D eigenvalue weighted by atomic mass is 32.2. The van der Waals surface area contributed by atoms with Crippen molar-refractivity contribution in [3.8, 4) is 0 Å². The van der Waals surface area contributed by atoms with E-state index in [0.29, 0.717) is 32.0 Å². The van der Waals surface area contributed by atoms with Crippen LogP contribution in [0.1, 0.15) is 87.5 Å². The number of rotatable bonds is 9. The predicted octanol–water partition coefficient (Wildman–Crippen LogP) is -0.886. The topological polar surface area (TPSA) is 234 Å². The minimum absolute atomic E-state index is 0. The Labute approximate surface area is 481 Å². The molecule has 7 aliphatic rings. The Kier molecular flexibility index (Phi) is 32.4. The molecule has 3 saturated carbocycles. The van der Waals surface area contributed by atoms with Crippen LogP contribution in [0, 0.1) is 23.7 Å². The zero-order chi connectivity index (χ0) is 61.0. The quantitative estimate of drug-likeness (QED) is 0.0737. The SMILES string of the molecule is C.COC(=O)[C@@H]1C(C2CC2)=CCN1C.COC(=O)[C@@H]1C(C2CC2)=CCN1C(=O)OC(C)(C)C.COC(=O)[C@@H]1C(OS(=O)(=O)C(F)(F)F)=CCN1C.COC(=O)[C@@H]1[C@H](C2CC2)[C@@H](O)CN1C(=O)OC(C)(C)C.[BH3-][B][BH3-].[B][B][BH3-].[B][B][B]. The lowest BCUT2D eigenvalue weighted by molar-refractivity contribution is -0.148. The number of carbonyl (C=O) groups is 6. The molecule has 1 saturated heterocycles. The maximum atomic E-state index is 12.2. The number of amides is 2. The van der Waals surface area contributed by atoms with Crippen molar-refractivity contribution in [3.05, 3.63) is 35.1 Å². The highest BCUT2D eigenvalue weighted by Crippen LogP contribution is 2.46. The summed E-state index contributed by atoms with van der Waals surface area (Å²) in [7, 11) is 23.7. The van der Waals surface area contributed by atoms with Crippen molar-refractivity contribution in [2.45, 2.75) is 134 Å². The molecule has 9 radical (unpaired) electrons. The fourth-order valence-electron chi connectivity index (χ4n) is 8.39.